The number of amides is 2. The maximum atomic E-state index is 14.0. The molecule has 0 saturated carbocycles. The molecule has 0 aromatic heterocycles. The van der Waals surface area contributed by atoms with Gasteiger partial charge in [0.05, 0.1) is 5.02 Å². The summed E-state index contributed by atoms with van der Waals surface area (Å²) < 4.78 is 19.5. The first-order valence-electron chi connectivity index (χ1n) is 8.15. The van der Waals surface area contributed by atoms with Crippen LogP contribution in [0.3, 0.4) is 0 Å². The molecule has 0 saturated heterocycles. The summed E-state index contributed by atoms with van der Waals surface area (Å²) in [6, 6.07) is 9.88. The zero-order valence-electron chi connectivity index (χ0n) is 14.8. The monoisotopic (exact) mass is 412 g/mol. The van der Waals surface area contributed by atoms with Gasteiger partial charge in [-0.25, -0.2) is 4.39 Å². The fourth-order valence-electron chi connectivity index (χ4n) is 2.42. The smallest absolute Gasteiger partial charge is 0.261 e. The molecule has 0 aliphatic rings. The summed E-state index contributed by atoms with van der Waals surface area (Å²) in [4.78, 5) is 26.0. The quantitative estimate of drug-likeness (QED) is 0.754. The minimum Gasteiger partial charge on any atom is -0.482 e. The highest BCUT2D eigenvalue weighted by Crippen LogP contribution is 2.27. The zero-order valence-corrected chi connectivity index (χ0v) is 16.4. The predicted molar refractivity (Wildman–Crippen MR) is 102 cm³/mol. The van der Waals surface area contributed by atoms with Crippen LogP contribution in [0.4, 0.5) is 4.39 Å². The Kier molecular flexibility index (Phi) is 7.45. The van der Waals surface area contributed by atoms with Crippen molar-refractivity contribution in [2.75, 3.05) is 13.7 Å². The molecule has 0 aliphatic carbocycles. The minimum atomic E-state index is -0.814. The molecular weight excluding hydrogens is 394 g/mol. The first kappa shape index (κ1) is 21.0. The van der Waals surface area contributed by atoms with E-state index in [1.54, 1.807) is 37.3 Å². The number of likely N-dealkylation sites (N-methyl/N-ethyl adjacent to an activating group) is 1. The lowest BCUT2D eigenvalue weighted by Gasteiger charge is -2.28. The molecule has 0 radical (unpaired) electrons. The first-order chi connectivity index (χ1) is 12.8. The fraction of sp³-hybridized carbons (Fsp3) is 0.263. The van der Waals surface area contributed by atoms with Crippen molar-refractivity contribution in [3.8, 4) is 5.75 Å². The number of carbonyl (C=O) groups is 2. The standard InChI is InChI=1S/C19H19Cl2FN2O3/c1-12(19(26)23-2)24(10-13-5-3-4-6-16(13)22)18(25)11-27-17-8-7-14(20)9-15(17)21/h3-9,12H,10-11H2,1-2H3,(H,23,26)/t12-/m0/s1. The van der Waals surface area contributed by atoms with Crippen LogP contribution in [0.5, 0.6) is 5.75 Å². The Morgan fingerprint density at radius 1 is 1.22 bits per heavy atom. The predicted octanol–water partition coefficient (Wildman–Crippen LogP) is 3.67. The lowest BCUT2D eigenvalue weighted by atomic mass is 10.1. The lowest BCUT2D eigenvalue weighted by Crippen LogP contribution is -2.48. The molecule has 2 rings (SSSR count). The molecule has 0 bridgehead atoms. The molecule has 1 N–H and O–H groups in total. The number of carbonyl (C=O) groups excluding carboxylic acids is 2. The first-order valence-corrected chi connectivity index (χ1v) is 8.91. The Balaban J connectivity index is 2.17. The van der Waals surface area contributed by atoms with Crippen molar-refractivity contribution in [1.29, 1.82) is 0 Å². The number of nitrogens with one attached hydrogen (secondary N) is 1. The van der Waals surface area contributed by atoms with Crippen LogP contribution in [0, 0.1) is 5.82 Å². The van der Waals surface area contributed by atoms with Gasteiger partial charge in [-0.15, -0.1) is 0 Å². The summed E-state index contributed by atoms with van der Waals surface area (Å²) in [6.07, 6.45) is 0. The van der Waals surface area contributed by atoms with Gasteiger partial charge in [-0.1, -0.05) is 41.4 Å². The maximum Gasteiger partial charge on any atom is 0.261 e. The highest BCUT2D eigenvalue weighted by Gasteiger charge is 2.26. The number of hydrogen-bond donors (Lipinski definition) is 1. The Labute approximate surface area is 167 Å². The summed E-state index contributed by atoms with van der Waals surface area (Å²) in [5.74, 6) is -1.03. The molecule has 0 aliphatic heterocycles. The van der Waals surface area contributed by atoms with Crippen LogP contribution in [0.15, 0.2) is 42.5 Å². The van der Waals surface area contributed by atoms with Crippen molar-refractivity contribution in [3.63, 3.8) is 0 Å². The van der Waals surface area contributed by atoms with Gasteiger partial charge in [0, 0.05) is 24.2 Å². The van der Waals surface area contributed by atoms with Gasteiger partial charge in [-0.05, 0) is 31.2 Å². The highest BCUT2D eigenvalue weighted by molar-refractivity contribution is 6.35. The Morgan fingerprint density at radius 2 is 1.93 bits per heavy atom. The summed E-state index contributed by atoms with van der Waals surface area (Å²) >= 11 is 11.9. The van der Waals surface area contributed by atoms with Gasteiger partial charge < -0.3 is 15.0 Å². The number of ether oxygens (including phenoxy) is 1. The van der Waals surface area contributed by atoms with E-state index in [-0.39, 0.29) is 29.8 Å². The van der Waals surface area contributed by atoms with E-state index in [9.17, 15) is 14.0 Å². The number of nitrogens with zero attached hydrogens (tertiary/aromatic N) is 1. The van der Waals surface area contributed by atoms with E-state index in [2.05, 4.69) is 5.32 Å². The summed E-state index contributed by atoms with van der Waals surface area (Å²) in [7, 11) is 1.47. The van der Waals surface area contributed by atoms with E-state index < -0.39 is 17.8 Å². The molecule has 0 unspecified atom stereocenters. The molecule has 5 nitrogen and oxygen atoms in total. The third-order valence-corrected chi connectivity index (χ3v) is 4.49. The van der Waals surface area contributed by atoms with Crippen LogP contribution in [-0.2, 0) is 16.1 Å². The third kappa shape index (κ3) is 5.58. The average molecular weight is 413 g/mol. The summed E-state index contributed by atoms with van der Waals surface area (Å²) in [5, 5.41) is 3.18. The second kappa shape index (κ2) is 9.58. The molecule has 144 valence electrons. The lowest BCUT2D eigenvalue weighted by molar-refractivity contribution is -0.142. The van der Waals surface area contributed by atoms with Crippen LogP contribution in [0.2, 0.25) is 10.0 Å². The van der Waals surface area contributed by atoms with Gasteiger partial charge in [0.15, 0.2) is 6.61 Å². The van der Waals surface area contributed by atoms with E-state index in [0.29, 0.717) is 10.6 Å². The van der Waals surface area contributed by atoms with Crippen molar-refractivity contribution >= 4 is 35.0 Å². The third-order valence-electron chi connectivity index (χ3n) is 3.96. The van der Waals surface area contributed by atoms with Crippen LogP contribution < -0.4 is 10.1 Å². The van der Waals surface area contributed by atoms with E-state index >= 15 is 0 Å². The van der Waals surface area contributed by atoms with Crippen molar-refractivity contribution in [3.05, 3.63) is 63.9 Å². The molecule has 1 atom stereocenters. The number of benzene rings is 2. The molecule has 2 amide bonds. The van der Waals surface area contributed by atoms with Gasteiger partial charge in [-0.3, -0.25) is 9.59 Å². The summed E-state index contributed by atoms with van der Waals surface area (Å²) in [5.41, 5.74) is 0.297. The van der Waals surface area contributed by atoms with Crippen LogP contribution >= 0.6 is 23.2 Å². The van der Waals surface area contributed by atoms with Crippen LogP contribution in [0.25, 0.3) is 0 Å². The highest BCUT2D eigenvalue weighted by atomic mass is 35.5. The van der Waals surface area contributed by atoms with Gasteiger partial charge in [0.25, 0.3) is 5.91 Å². The van der Waals surface area contributed by atoms with E-state index in [0.717, 1.165) is 0 Å². The van der Waals surface area contributed by atoms with Crippen molar-refractivity contribution in [2.45, 2.75) is 19.5 Å². The Bertz CT molecular complexity index is 832. The molecule has 2 aromatic rings. The molecule has 2 aromatic carbocycles. The second-order valence-electron chi connectivity index (χ2n) is 5.77. The van der Waals surface area contributed by atoms with E-state index in [4.69, 9.17) is 27.9 Å². The van der Waals surface area contributed by atoms with Gasteiger partial charge in [0.1, 0.15) is 17.6 Å². The molecule has 0 spiro atoms. The van der Waals surface area contributed by atoms with E-state index in [1.807, 2.05) is 0 Å². The molecule has 0 heterocycles. The fourth-order valence-corrected chi connectivity index (χ4v) is 2.88. The van der Waals surface area contributed by atoms with Gasteiger partial charge in [0.2, 0.25) is 5.91 Å². The second-order valence-corrected chi connectivity index (χ2v) is 6.61. The van der Waals surface area contributed by atoms with Gasteiger partial charge in [-0.2, -0.15) is 0 Å². The molecule has 27 heavy (non-hydrogen) atoms. The largest absolute Gasteiger partial charge is 0.482 e. The van der Waals surface area contributed by atoms with Crippen LogP contribution in [-0.4, -0.2) is 36.4 Å². The Hall–Kier alpha value is -2.31. The average Bonchev–Trinajstić information content (AvgIpc) is 2.65. The SMILES string of the molecule is CNC(=O)[C@H](C)N(Cc1ccccc1F)C(=O)COc1ccc(Cl)cc1Cl. The van der Waals surface area contributed by atoms with Crippen molar-refractivity contribution < 1.29 is 18.7 Å². The number of hydrogen-bond acceptors (Lipinski definition) is 3. The Morgan fingerprint density at radius 3 is 2.56 bits per heavy atom. The maximum absolute atomic E-state index is 14.0. The van der Waals surface area contributed by atoms with Crippen LogP contribution in [0.1, 0.15) is 12.5 Å². The molecule has 0 fully saturated rings. The number of rotatable bonds is 7. The van der Waals surface area contributed by atoms with E-state index in [1.165, 1.54) is 24.1 Å². The minimum absolute atomic E-state index is 0.0716. The van der Waals surface area contributed by atoms with Crippen molar-refractivity contribution in [1.82, 2.24) is 10.2 Å². The number of halogens is 3. The molecule has 8 heteroatoms. The summed E-state index contributed by atoms with van der Waals surface area (Å²) in [6.45, 7) is 1.13. The normalized spacial score (nSPS) is 11.6. The van der Waals surface area contributed by atoms with Crippen molar-refractivity contribution in [2.24, 2.45) is 0 Å². The zero-order chi connectivity index (χ0) is 20.0. The molecular formula is C19H19Cl2FN2O3. The topological polar surface area (TPSA) is 58.6 Å². The van der Waals surface area contributed by atoms with Gasteiger partial charge >= 0.3 is 0 Å².